The number of fused-ring (bicyclic) bond motifs is 1. The number of hydrogen-bond donors (Lipinski definition) is 0. The Morgan fingerprint density at radius 1 is 1.39 bits per heavy atom. The molecule has 0 spiro atoms. The minimum atomic E-state index is -0.128. The van der Waals surface area contributed by atoms with Crippen LogP contribution in [0.1, 0.15) is 57.9 Å². The van der Waals surface area contributed by atoms with Crippen molar-refractivity contribution in [1.82, 2.24) is 14.8 Å². The first-order chi connectivity index (χ1) is 11.0. The maximum atomic E-state index is 12.3. The fourth-order valence-corrected chi connectivity index (χ4v) is 4.28. The molecular weight excluding hydrogens is 310 g/mol. The van der Waals surface area contributed by atoms with E-state index in [1.54, 1.807) is 11.3 Å². The predicted molar refractivity (Wildman–Crippen MR) is 89.6 cm³/mol. The predicted octanol–water partition coefficient (Wildman–Crippen LogP) is 3.36. The summed E-state index contributed by atoms with van der Waals surface area (Å²) in [6, 6.07) is 0. The molecule has 0 fully saturated rings. The number of nitrogens with zero attached hydrogens (tertiary/aromatic N) is 3. The van der Waals surface area contributed by atoms with Gasteiger partial charge in [0.05, 0.1) is 21.3 Å². The molecule has 3 rings (SSSR count). The van der Waals surface area contributed by atoms with E-state index in [1.165, 1.54) is 0 Å². The number of carbonyl (C=O) groups excluding carboxylic acids is 1. The van der Waals surface area contributed by atoms with E-state index in [0.717, 1.165) is 51.8 Å². The van der Waals surface area contributed by atoms with Crippen LogP contribution in [0.3, 0.4) is 0 Å². The Morgan fingerprint density at radius 3 is 2.87 bits per heavy atom. The molecule has 1 unspecified atom stereocenters. The highest BCUT2D eigenvalue weighted by atomic mass is 32.1. The molecule has 2 heterocycles. The number of ether oxygens (including phenoxy) is 1. The zero-order valence-electron chi connectivity index (χ0n) is 14.2. The summed E-state index contributed by atoms with van der Waals surface area (Å²) in [4.78, 5) is 18.0. The third-order valence-corrected chi connectivity index (χ3v) is 5.62. The minimum Gasteiger partial charge on any atom is -0.457 e. The van der Waals surface area contributed by atoms with E-state index < -0.39 is 0 Å². The van der Waals surface area contributed by atoms with Gasteiger partial charge >= 0.3 is 5.97 Å². The molecule has 0 N–H and O–H groups in total. The number of esters is 1. The Labute approximate surface area is 140 Å². The summed E-state index contributed by atoms with van der Waals surface area (Å²) >= 11 is 1.66. The molecule has 1 aliphatic carbocycles. The van der Waals surface area contributed by atoms with Gasteiger partial charge in [-0.15, -0.1) is 11.3 Å². The lowest BCUT2D eigenvalue weighted by Gasteiger charge is -2.21. The Morgan fingerprint density at radius 2 is 2.17 bits per heavy atom. The van der Waals surface area contributed by atoms with Crippen molar-refractivity contribution in [1.29, 1.82) is 0 Å². The van der Waals surface area contributed by atoms with Crippen LogP contribution in [-0.2, 0) is 29.4 Å². The first-order valence-electron chi connectivity index (χ1n) is 8.10. The van der Waals surface area contributed by atoms with Crippen LogP contribution in [0.15, 0.2) is 0 Å². The van der Waals surface area contributed by atoms with Gasteiger partial charge < -0.3 is 4.74 Å². The van der Waals surface area contributed by atoms with Crippen molar-refractivity contribution in [2.45, 2.75) is 59.0 Å². The topological polar surface area (TPSA) is 57.0 Å². The van der Waals surface area contributed by atoms with Gasteiger partial charge in [-0.1, -0.05) is 0 Å². The molecule has 2 aromatic rings. The van der Waals surface area contributed by atoms with Crippen molar-refractivity contribution in [3.05, 3.63) is 32.5 Å². The molecule has 0 aliphatic heterocycles. The van der Waals surface area contributed by atoms with Gasteiger partial charge in [0.25, 0.3) is 0 Å². The summed E-state index contributed by atoms with van der Waals surface area (Å²) in [7, 11) is 1.93. The summed E-state index contributed by atoms with van der Waals surface area (Å²) in [6.45, 7) is 6.03. The van der Waals surface area contributed by atoms with Crippen LogP contribution in [0, 0.1) is 20.8 Å². The maximum Gasteiger partial charge on any atom is 0.306 e. The highest BCUT2D eigenvalue weighted by Gasteiger charge is 2.27. The van der Waals surface area contributed by atoms with E-state index in [9.17, 15) is 4.79 Å². The van der Waals surface area contributed by atoms with Crippen molar-refractivity contribution in [3.8, 4) is 0 Å². The zero-order valence-corrected chi connectivity index (χ0v) is 15.0. The summed E-state index contributed by atoms with van der Waals surface area (Å²) in [6.07, 6.45) is 3.93. The van der Waals surface area contributed by atoms with Gasteiger partial charge in [-0.25, -0.2) is 4.98 Å². The van der Waals surface area contributed by atoms with Crippen LogP contribution in [0.4, 0.5) is 0 Å². The third kappa shape index (κ3) is 3.32. The second-order valence-corrected chi connectivity index (χ2v) is 7.42. The normalized spacial score (nSPS) is 17.1. The van der Waals surface area contributed by atoms with Gasteiger partial charge in [0, 0.05) is 19.2 Å². The monoisotopic (exact) mass is 333 g/mol. The van der Waals surface area contributed by atoms with Crippen molar-refractivity contribution < 1.29 is 9.53 Å². The zero-order chi connectivity index (χ0) is 16.6. The quantitative estimate of drug-likeness (QED) is 0.805. The molecule has 6 heteroatoms. The van der Waals surface area contributed by atoms with Gasteiger partial charge in [-0.05, 0) is 52.0 Å². The molecule has 0 radical (unpaired) electrons. The first-order valence-corrected chi connectivity index (χ1v) is 8.92. The van der Waals surface area contributed by atoms with E-state index in [1.807, 2.05) is 32.5 Å². The molecule has 23 heavy (non-hydrogen) atoms. The number of hydrogen-bond acceptors (Lipinski definition) is 5. The lowest BCUT2D eigenvalue weighted by atomic mass is 10.0. The number of thiazole rings is 1. The van der Waals surface area contributed by atoms with Gasteiger partial charge in [0.15, 0.2) is 0 Å². The second kappa shape index (κ2) is 6.43. The lowest BCUT2D eigenvalue weighted by Crippen LogP contribution is -2.16. The van der Waals surface area contributed by atoms with Crippen LogP contribution in [0.25, 0.3) is 0 Å². The Kier molecular flexibility index (Phi) is 4.53. The third-order valence-electron chi connectivity index (χ3n) is 4.52. The molecule has 124 valence electrons. The summed E-state index contributed by atoms with van der Waals surface area (Å²) in [5, 5.41) is 5.45. The average molecular weight is 333 g/mol. The molecule has 2 aromatic heterocycles. The molecule has 0 bridgehead atoms. The van der Waals surface area contributed by atoms with Crippen LogP contribution in [0.5, 0.6) is 0 Å². The van der Waals surface area contributed by atoms with E-state index in [2.05, 4.69) is 10.1 Å². The Balaban J connectivity index is 1.62. The van der Waals surface area contributed by atoms with Crippen molar-refractivity contribution in [3.63, 3.8) is 0 Å². The van der Waals surface area contributed by atoms with Gasteiger partial charge in [0.1, 0.15) is 6.10 Å². The smallest absolute Gasteiger partial charge is 0.306 e. The van der Waals surface area contributed by atoms with Crippen LogP contribution < -0.4 is 0 Å². The van der Waals surface area contributed by atoms with Gasteiger partial charge in [0.2, 0.25) is 0 Å². The van der Waals surface area contributed by atoms with Gasteiger partial charge in [-0.2, -0.15) is 5.10 Å². The van der Waals surface area contributed by atoms with E-state index in [4.69, 9.17) is 4.74 Å². The summed E-state index contributed by atoms with van der Waals surface area (Å²) in [5.41, 5.74) is 4.39. The van der Waals surface area contributed by atoms with Crippen LogP contribution in [0.2, 0.25) is 0 Å². The molecule has 0 amide bonds. The first kappa shape index (κ1) is 16.2. The minimum absolute atomic E-state index is 0.103. The molecule has 0 saturated carbocycles. The van der Waals surface area contributed by atoms with E-state index in [0.29, 0.717) is 12.8 Å². The fourth-order valence-electron chi connectivity index (χ4n) is 3.24. The average Bonchev–Trinajstić information content (AvgIpc) is 2.98. The summed E-state index contributed by atoms with van der Waals surface area (Å²) in [5.74, 6) is -0.128. The van der Waals surface area contributed by atoms with E-state index in [-0.39, 0.29) is 12.1 Å². The van der Waals surface area contributed by atoms with Crippen molar-refractivity contribution in [2.24, 2.45) is 7.05 Å². The highest BCUT2D eigenvalue weighted by Crippen LogP contribution is 2.36. The second-order valence-electron chi connectivity index (χ2n) is 6.19. The largest absolute Gasteiger partial charge is 0.457 e. The molecule has 1 atom stereocenters. The maximum absolute atomic E-state index is 12.3. The molecule has 1 aliphatic rings. The molecule has 0 aromatic carbocycles. The SMILES string of the molecule is Cc1nc2c(s1)C(OC(=O)CCc1c(C)nn(C)c1C)CCC2. The molecule has 0 saturated heterocycles. The number of rotatable bonds is 4. The van der Waals surface area contributed by atoms with Crippen molar-refractivity contribution in [2.75, 3.05) is 0 Å². The number of aromatic nitrogens is 3. The summed E-state index contributed by atoms with van der Waals surface area (Å²) < 4.78 is 7.61. The van der Waals surface area contributed by atoms with Crippen LogP contribution >= 0.6 is 11.3 Å². The number of carbonyl (C=O) groups is 1. The molecule has 5 nitrogen and oxygen atoms in total. The van der Waals surface area contributed by atoms with E-state index >= 15 is 0 Å². The Bertz CT molecular complexity index is 733. The highest BCUT2D eigenvalue weighted by molar-refractivity contribution is 7.11. The molecular formula is C17H23N3O2S. The standard InChI is InChI=1S/C17H23N3O2S/c1-10-13(11(2)20(4)19-10)8-9-16(21)22-15-7-5-6-14-17(15)23-12(3)18-14/h15H,5-9H2,1-4H3. The lowest BCUT2D eigenvalue weighted by molar-refractivity contribution is -0.150. The fraction of sp³-hybridized carbons (Fsp3) is 0.588. The van der Waals surface area contributed by atoms with Gasteiger partial charge in [-0.3, -0.25) is 9.48 Å². The number of aryl methyl sites for hydroxylation is 4. The van der Waals surface area contributed by atoms with Crippen LogP contribution in [-0.4, -0.2) is 20.7 Å². The van der Waals surface area contributed by atoms with Crippen molar-refractivity contribution >= 4 is 17.3 Å². The Hall–Kier alpha value is -1.69.